The van der Waals surface area contributed by atoms with Gasteiger partial charge >= 0.3 is 0 Å². The number of rotatable bonds is 3. The van der Waals surface area contributed by atoms with E-state index in [4.69, 9.17) is 11.6 Å². The zero-order valence-electron chi connectivity index (χ0n) is 10.6. The first-order valence-corrected chi connectivity index (χ1v) is 7.88. The molecule has 1 aromatic rings. The van der Waals surface area contributed by atoms with Crippen LogP contribution in [0.4, 0.5) is 4.39 Å². The van der Waals surface area contributed by atoms with E-state index in [0.717, 1.165) is 38.1 Å². The summed E-state index contributed by atoms with van der Waals surface area (Å²) in [5.74, 6) is -0.620. The van der Waals surface area contributed by atoms with Crippen LogP contribution in [0.25, 0.3) is 0 Å². The molecule has 0 bridgehead atoms. The van der Waals surface area contributed by atoms with Crippen molar-refractivity contribution in [1.82, 2.24) is 9.62 Å². The third-order valence-corrected chi connectivity index (χ3v) is 5.59. The van der Waals surface area contributed by atoms with Gasteiger partial charge in [0.25, 0.3) is 0 Å². The number of hydrogen-bond donors (Lipinski definition) is 1. The number of nitrogens with zero attached hydrogens (tertiary/aromatic N) is 1. The molecular formula is C12H16ClFN2O2S. The Hall–Kier alpha value is -0.690. The molecule has 0 aliphatic carbocycles. The van der Waals surface area contributed by atoms with E-state index in [9.17, 15) is 12.8 Å². The molecule has 0 atom stereocenters. The zero-order chi connectivity index (χ0) is 14.0. The first-order chi connectivity index (χ1) is 8.93. The van der Waals surface area contributed by atoms with Crippen molar-refractivity contribution in [3.63, 3.8) is 0 Å². The van der Waals surface area contributed by atoms with Gasteiger partial charge in [0.2, 0.25) is 10.0 Å². The van der Waals surface area contributed by atoms with Gasteiger partial charge in [-0.3, -0.25) is 0 Å². The van der Waals surface area contributed by atoms with E-state index >= 15 is 0 Å². The molecule has 0 saturated carbocycles. The van der Waals surface area contributed by atoms with E-state index in [-0.39, 0.29) is 16.0 Å². The summed E-state index contributed by atoms with van der Waals surface area (Å²) in [6, 6.07) is 3.44. The molecule has 1 N–H and O–H groups in total. The Kier molecular flexibility index (Phi) is 4.45. The van der Waals surface area contributed by atoms with Gasteiger partial charge in [-0.15, -0.1) is 0 Å². The minimum absolute atomic E-state index is 0.0277. The number of piperidine rings is 1. The van der Waals surface area contributed by atoms with Crippen molar-refractivity contribution >= 4 is 21.6 Å². The summed E-state index contributed by atoms with van der Waals surface area (Å²) in [5.41, 5.74) is 0. The highest BCUT2D eigenvalue weighted by Crippen LogP contribution is 2.24. The molecule has 0 radical (unpaired) electrons. The first kappa shape index (κ1) is 14.7. The summed E-state index contributed by atoms with van der Waals surface area (Å²) < 4.78 is 39.3. The molecule has 1 saturated heterocycles. The monoisotopic (exact) mass is 306 g/mol. The summed E-state index contributed by atoms with van der Waals surface area (Å²) in [7, 11) is -2.07. The minimum atomic E-state index is -3.62. The molecule has 106 valence electrons. The normalized spacial score (nSPS) is 17.9. The van der Waals surface area contributed by atoms with Crippen molar-refractivity contribution in [2.45, 2.75) is 23.8 Å². The molecule has 1 aromatic carbocycles. The van der Waals surface area contributed by atoms with Gasteiger partial charge in [-0.25, -0.2) is 12.8 Å². The topological polar surface area (TPSA) is 49.4 Å². The molecule has 4 nitrogen and oxygen atoms in total. The quantitative estimate of drug-likeness (QED) is 0.927. The smallest absolute Gasteiger partial charge is 0.243 e. The van der Waals surface area contributed by atoms with Crippen LogP contribution in [0.2, 0.25) is 5.02 Å². The van der Waals surface area contributed by atoms with Gasteiger partial charge in [-0.1, -0.05) is 11.6 Å². The van der Waals surface area contributed by atoms with Crippen molar-refractivity contribution in [2.75, 3.05) is 20.1 Å². The number of hydrogen-bond acceptors (Lipinski definition) is 3. The maximum Gasteiger partial charge on any atom is 0.243 e. The van der Waals surface area contributed by atoms with Crippen molar-refractivity contribution in [1.29, 1.82) is 0 Å². The Bertz CT molecular complexity index is 559. The highest BCUT2D eigenvalue weighted by atomic mass is 35.5. The van der Waals surface area contributed by atoms with Gasteiger partial charge in [0.1, 0.15) is 5.82 Å². The molecule has 1 heterocycles. The van der Waals surface area contributed by atoms with Gasteiger partial charge in [-0.05, 0) is 44.1 Å². The molecule has 2 rings (SSSR count). The summed E-state index contributed by atoms with van der Waals surface area (Å²) in [4.78, 5) is 0.0277. The highest BCUT2D eigenvalue weighted by molar-refractivity contribution is 7.89. The minimum Gasteiger partial charge on any atom is -0.317 e. The Labute approximate surface area is 117 Å². The van der Waals surface area contributed by atoms with Crippen LogP contribution in [0, 0.1) is 5.82 Å². The second-order valence-electron chi connectivity index (χ2n) is 4.58. The van der Waals surface area contributed by atoms with Crippen molar-refractivity contribution in [2.24, 2.45) is 0 Å². The summed E-state index contributed by atoms with van der Waals surface area (Å²) in [6.45, 7) is 1.60. The lowest BCUT2D eigenvalue weighted by Crippen LogP contribution is -2.43. The van der Waals surface area contributed by atoms with Gasteiger partial charge in [0.15, 0.2) is 0 Å². The zero-order valence-corrected chi connectivity index (χ0v) is 12.1. The predicted octanol–water partition coefficient (Wildman–Crippen LogP) is 1.85. The average Bonchev–Trinajstić information content (AvgIpc) is 2.41. The summed E-state index contributed by atoms with van der Waals surface area (Å²) >= 11 is 5.64. The maximum absolute atomic E-state index is 13.1. The van der Waals surface area contributed by atoms with Crippen LogP contribution in [-0.2, 0) is 10.0 Å². The standard InChI is InChI=1S/C12H16ClFN2O2S/c1-16(9-4-6-15-7-5-9)19(17,18)10-2-3-12(14)11(13)8-10/h2-3,8-9,15H,4-7H2,1H3. The van der Waals surface area contributed by atoms with E-state index in [2.05, 4.69) is 5.32 Å². The van der Waals surface area contributed by atoms with E-state index in [1.807, 2.05) is 0 Å². The van der Waals surface area contributed by atoms with Crippen molar-refractivity contribution in [3.8, 4) is 0 Å². The molecule has 0 aromatic heterocycles. The number of halogens is 2. The van der Waals surface area contributed by atoms with Crippen LogP contribution in [0.15, 0.2) is 23.1 Å². The molecule has 0 unspecified atom stereocenters. The Morgan fingerprint density at radius 1 is 1.37 bits per heavy atom. The molecule has 1 fully saturated rings. The maximum atomic E-state index is 13.1. The van der Waals surface area contributed by atoms with Gasteiger partial charge in [-0.2, -0.15) is 4.31 Å². The molecule has 19 heavy (non-hydrogen) atoms. The van der Waals surface area contributed by atoms with Crippen LogP contribution in [0.3, 0.4) is 0 Å². The van der Waals surface area contributed by atoms with Gasteiger partial charge in [0, 0.05) is 13.1 Å². The van der Waals surface area contributed by atoms with Gasteiger partial charge in [0.05, 0.1) is 9.92 Å². The predicted molar refractivity (Wildman–Crippen MR) is 72.3 cm³/mol. The average molecular weight is 307 g/mol. The third-order valence-electron chi connectivity index (χ3n) is 3.39. The number of benzene rings is 1. The fourth-order valence-corrected chi connectivity index (χ4v) is 3.86. The molecule has 0 spiro atoms. The fourth-order valence-electron chi connectivity index (χ4n) is 2.17. The lowest BCUT2D eigenvalue weighted by Gasteiger charge is -2.30. The largest absolute Gasteiger partial charge is 0.317 e. The van der Waals surface area contributed by atoms with Crippen LogP contribution < -0.4 is 5.32 Å². The van der Waals surface area contributed by atoms with E-state index in [1.54, 1.807) is 7.05 Å². The van der Waals surface area contributed by atoms with Gasteiger partial charge < -0.3 is 5.32 Å². The van der Waals surface area contributed by atoms with E-state index < -0.39 is 15.8 Å². The van der Waals surface area contributed by atoms with Crippen LogP contribution >= 0.6 is 11.6 Å². The Morgan fingerprint density at radius 2 is 2.00 bits per heavy atom. The van der Waals surface area contributed by atoms with Crippen LogP contribution in [0.1, 0.15) is 12.8 Å². The second kappa shape index (κ2) is 5.75. The first-order valence-electron chi connectivity index (χ1n) is 6.07. The number of sulfonamides is 1. The number of nitrogens with one attached hydrogen (secondary N) is 1. The van der Waals surface area contributed by atoms with Crippen molar-refractivity contribution in [3.05, 3.63) is 29.0 Å². The fraction of sp³-hybridized carbons (Fsp3) is 0.500. The summed E-state index contributed by atoms with van der Waals surface area (Å²) in [6.07, 6.45) is 1.54. The van der Waals surface area contributed by atoms with E-state index in [1.165, 1.54) is 10.4 Å². The summed E-state index contributed by atoms with van der Waals surface area (Å²) in [5, 5.41) is 3.00. The van der Waals surface area contributed by atoms with Crippen molar-refractivity contribution < 1.29 is 12.8 Å². The molecular weight excluding hydrogens is 291 g/mol. The Balaban J connectivity index is 2.27. The van der Waals surface area contributed by atoms with Crippen LogP contribution in [-0.4, -0.2) is 38.9 Å². The van der Waals surface area contributed by atoms with Crippen LogP contribution in [0.5, 0.6) is 0 Å². The lowest BCUT2D eigenvalue weighted by molar-refractivity contribution is 0.296. The molecule has 0 amide bonds. The molecule has 7 heteroatoms. The Morgan fingerprint density at radius 3 is 2.58 bits per heavy atom. The third kappa shape index (κ3) is 3.08. The molecule has 1 aliphatic heterocycles. The van der Waals surface area contributed by atoms with E-state index in [0.29, 0.717) is 0 Å². The molecule has 1 aliphatic rings. The SMILES string of the molecule is CN(C1CCNCC1)S(=O)(=O)c1ccc(F)c(Cl)c1. The highest BCUT2D eigenvalue weighted by Gasteiger charge is 2.29. The lowest BCUT2D eigenvalue weighted by atomic mass is 10.1. The second-order valence-corrected chi connectivity index (χ2v) is 6.98.